The Morgan fingerprint density at radius 2 is 2.19 bits per heavy atom. The van der Waals surface area contributed by atoms with Crippen molar-refractivity contribution in [3.8, 4) is 0 Å². The van der Waals surface area contributed by atoms with E-state index in [4.69, 9.17) is 0 Å². The number of aryl methyl sites for hydroxylation is 1. The van der Waals surface area contributed by atoms with Crippen LogP contribution in [0, 0.1) is 0 Å². The van der Waals surface area contributed by atoms with Crippen LogP contribution in [-0.4, -0.2) is 48.9 Å². The summed E-state index contributed by atoms with van der Waals surface area (Å²) in [4.78, 5) is 3.75. The van der Waals surface area contributed by atoms with Crippen molar-refractivity contribution in [1.82, 2.24) is 25.1 Å². The van der Waals surface area contributed by atoms with Crippen LogP contribution < -0.4 is 0 Å². The zero-order valence-electron chi connectivity index (χ0n) is 9.93. The van der Waals surface area contributed by atoms with Gasteiger partial charge < -0.3 is 5.11 Å². The van der Waals surface area contributed by atoms with Gasteiger partial charge in [-0.2, -0.15) is 4.80 Å². The lowest BCUT2D eigenvalue weighted by molar-refractivity contribution is 0.0443. The minimum atomic E-state index is -0.509. The molecule has 16 heavy (non-hydrogen) atoms. The van der Waals surface area contributed by atoms with Gasteiger partial charge in [-0.05, 0) is 37.9 Å². The Kier molecular flexibility index (Phi) is 3.20. The Bertz CT molecular complexity index is 349. The molecule has 1 N–H and O–H groups in total. The van der Waals surface area contributed by atoms with E-state index in [1.807, 2.05) is 6.92 Å². The van der Waals surface area contributed by atoms with Crippen molar-refractivity contribution in [3.05, 3.63) is 5.82 Å². The third-order valence-corrected chi connectivity index (χ3v) is 3.07. The fourth-order valence-electron chi connectivity index (χ4n) is 2.06. The molecule has 0 saturated carbocycles. The molecule has 1 aliphatic rings. The van der Waals surface area contributed by atoms with Gasteiger partial charge in [0.25, 0.3) is 0 Å². The number of hydrogen-bond donors (Lipinski definition) is 1. The Labute approximate surface area is 95.2 Å². The maximum absolute atomic E-state index is 9.97. The largest absolute Gasteiger partial charge is 0.390 e. The fraction of sp³-hybridized carbons (Fsp3) is 0.900. The Balaban J connectivity index is 1.91. The summed E-state index contributed by atoms with van der Waals surface area (Å²) in [5.41, 5.74) is -0.509. The van der Waals surface area contributed by atoms with Gasteiger partial charge in [0.2, 0.25) is 0 Å². The molecule has 1 aliphatic heterocycles. The number of hydrogen-bond acceptors (Lipinski definition) is 5. The second-order valence-electron chi connectivity index (χ2n) is 4.82. The van der Waals surface area contributed by atoms with Crippen LogP contribution in [0.15, 0.2) is 0 Å². The summed E-state index contributed by atoms with van der Waals surface area (Å²) in [6, 6.07) is 0. The summed E-state index contributed by atoms with van der Waals surface area (Å²) in [6.45, 7) is 4.53. The number of tetrazole rings is 1. The molecule has 6 heteroatoms. The monoisotopic (exact) mass is 225 g/mol. The molecule has 2 heterocycles. The molecule has 0 amide bonds. The van der Waals surface area contributed by atoms with Gasteiger partial charge in [-0.3, -0.25) is 4.90 Å². The van der Waals surface area contributed by atoms with Crippen molar-refractivity contribution in [1.29, 1.82) is 0 Å². The van der Waals surface area contributed by atoms with E-state index in [0.29, 0.717) is 0 Å². The van der Waals surface area contributed by atoms with Crippen molar-refractivity contribution < 1.29 is 5.11 Å². The molecule has 1 fully saturated rings. The molecule has 0 aliphatic carbocycles. The van der Waals surface area contributed by atoms with Crippen LogP contribution in [-0.2, 0) is 13.6 Å². The maximum Gasteiger partial charge on any atom is 0.188 e. The highest BCUT2D eigenvalue weighted by Crippen LogP contribution is 2.21. The van der Waals surface area contributed by atoms with Gasteiger partial charge in [0.15, 0.2) is 5.82 Å². The van der Waals surface area contributed by atoms with Gasteiger partial charge in [0.05, 0.1) is 19.2 Å². The maximum atomic E-state index is 9.97. The molecular formula is C10H19N5O. The molecule has 0 spiro atoms. The first-order valence-corrected chi connectivity index (χ1v) is 5.73. The highest BCUT2D eigenvalue weighted by atomic mass is 16.3. The Hall–Kier alpha value is -1.01. The molecule has 6 nitrogen and oxygen atoms in total. The molecule has 2 rings (SSSR count). The van der Waals surface area contributed by atoms with E-state index >= 15 is 0 Å². The lowest BCUT2D eigenvalue weighted by atomic mass is 9.98. The quantitative estimate of drug-likeness (QED) is 0.764. The summed E-state index contributed by atoms with van der Waals surface area (Å²) >= 11 is 0. The lowest BCUT2D eigenvalue weighted by Crippen LogP contribution is -2.28. The summed E-state index contributed by atoms with van der Waals surface area (Å²) in [6.07, 6.45) is 2.71. The minimum Gasteiger partial charge on any atom is -0.390 e. The summed E-state index contributed by atoms with van der Waals surface area (Å²) in [7, 11) is 1.77. The van der Waals surface area contributed by atoms with E-state index in [2.05, 4.69) is 20.3 Å². The average molecular weight is 225 g/mol. The zero-order chi connectivity index (χ0) is 11.6. The second-order valence-corrected chi connectivity index (χ2v) is 4.82. The second kappa shape index (κ2) is 4.47. The highest BCUT2D eigenvalue weighted by Gasteiger charge is 2.25. The topological polar surface area (TPSA) is 67.1 Å². The van der Waals surface area contributed by atoms with Crippen LogP contribution >= 0.6 is 0 Å². The number of aliphatic hydroxyl groups is 1. The minimum absolute atomic E-state index is 0.509. The van der Waals surface area contributed by atoms with E-state index in [1.54, 1.807) is 7.05 Å². The standard InChI is InChI=1S/C10H19N5O/c1-10(16)4-3-6-15(7-5-10)8-9-11-13-14(2)12-9/h16H,3-8H2,1-2H3. The van der Waals surface area contributed by atoms with Crippen LogP contribution in [0.25, 0.3) is 0 Å². The molecule has 1 unspecified atom stereocenters. The van der Waals surface area contributed by atoms with Crippen LogP contribution in [0.3, 0.4) is 0 Å². The molecular weight excluding hydrogens is 206 g/mol. The first-order valence-electron chi connectivity index (χ1n) is 5.73. The summed E-state index contributed by atoms with van der Waals surface area (Å²) in [5.74, 6) is 0.754. The molecule has 0 aromatic carbocycles. The van der Waals surface area contributed by atoms with Crippen molar-refractivity contribution >= 4 is 0 Å². The lowest BCUT2D eigenvalue weighted by Gasteiger charge is -2.21. The molecule has 1 aromatic rings. The number of likely N-dealkylation sites (tertiary alicyclic amines) is 1. The van der Waals surface area contributed by atoms with Crippen LogP contribution in [0.4, 0.5) is 0 Å². The number of aromatic nitrogens is 4. The highest BCUT2D eigenvalue weighted by molar-refractivity contribution is 4.83. The molecule has 1 aromatic heterocycles. The van der Waals surface area contributed by atoms with E-state index in [0.717, 1.165) is 44.7 Å². The predicted octanol–water partition coefficient (Wildman–Crippen LogP) is -0.0530. The van der Waals surface area contributed by atoms with Crippen molar-refractivity contribution in [3.63, 3.8) is 0 Å². The first kappa shape index (κ1) is 11.5. The zero-order valence-corrected chi connectivity index (χ0v) is 9.93. The molecule has 90 valence electrons. The van der Waals surface area contributed by atoms with E-state index in [9.17, 15) is 5.11 Å². The SMILES string of the molecule is Cn1nnc(CN2CCCC(C)(O)CC2)n1. The third kappa shape index (κ3) is 2.99. The van der Waals surface area contributed by atoms with Crippen molar-refractivity contribution in [2.75, 3.05) is 13.1 Å². The van der Waals surface area contributed by atoms with E-state index in [-0.39, 0.29) is 0 Å². The Morgan fingerprint density at radius 1 is 1.38 bits per heavy atom. The normalized spacial score (nSPS) is 27.9. The van der Waals surface area contributed by atoms with Gasteiger partial charge in [-0.15, -0.1) is 10.2 Å². The van der Waals surface area contributed by atoms with E-state index < -0.39 is 5.60 Å². The van der Waals surface area contributed by atoms with Gasteiger partial charge in [0.1, 0.15) is 0 Å². The molecule has 0 bridgehead atoms. The summed E-state index contributed by atoms with van der Waals surface area (Å²) in [5, 5.41) is 21.9. The molecule has 1 saturated heterocycles. The summed E-state index contributed by atoms with van der Waals surface area (Å²) < 4.78 is 0. The van der Waals surface area contributed by atoms with Gasteiger partial charge in [0, 0.05) is 6.54 Å². The first-order chi connectivity index (χ1) is 7.55. The number of nitrogens with zero attached hydrogens (tertiary/aromatic N) is 5. The fourth-order valence-corrected chi connectivity index (χ4v) is 2.06. The Morgan fingerprint density at radius 3 is 2.88 bits per heavy atom. The predicted molar refractivity (Wildman–Crippen MR) is 58.5 cm³/mol. The average Bonchev–Trinajstić information content (AvgIpc) is 2.52. The third-order valence-electron chi connectivity index (χ3n) is 3.07. The molecule has 1 atom stereocenters. The van der Waals surface area contributed by atoms with Gasteiger partial charge >= 0.3 is 0 Å². The van der Waals surface area contributed by atoms with E-state index in [1.165, 1.54) is 4.80 Å². The van der Waals surface area contributed by atoms with Crippen LogP contribution in [0.5, 0.6) is 0 Å². The van der Waals surface area contributed by atoms with Gasteiger partial charge in [-0.1, -0.05) is 0 Å². The number of rotatable bonds is 2. The van der Waals surface area contributed by atoms with Crippen LogP contribution in [0.1, 0.15) is 32.0 Å². The van der Waals surface area contributed by atoms with Gasteiger partial charge in [-0.25, -0.2) is 0 Å². The van der Waals surface area contributed by atoms with Crippen LogP contribution in [0.2, 0.25) is 0 Å². The van der Waals surface area contributed by atoms with Crippen molar-refractivity contribution in [2.24, 2.45) is 7.05 Å². The smallest absolute Gasteiger partial charge is 0.188 e. The van der Waals surface area contributed by atoms with Crippen molar-refractivity contribution in [2.45, 2.75) is 38.3 Å². The molecule has 0 radical (unpaired) electrons.